The van der Waals surface area contributed by atoms with Crippen LogP contribution in [0.3, 0.4) is 0 Å². The van der Waals surface area contributed by atoms with Crippen molar-refractivity contribution in [1.82, 2.24) is 25.0 Å². The van der Waals surface area contributed by atoms with Crippen molar-refractivity contribution < 1.29 is 9.53 Å². The first kappa shape index (κ1) is 23.3. The Hall–Kier alpha value is -2.35. The molecule has 0 unspecified atom stereocenters. The summed E-state index contributed by atoms with van der Waals surface area (Å²) in [6, 6.07) is 3.94. The molecule has 172 valence electrons. The average molecular weight is 431 g/mol. The first-order valence-corrected chi connectivity index (χ1v) is 11.7. The topological polar surface area (TPSA) is 73.3 Å². The smallest absolute Gasteiger partial charge is 0.236 e. The molecule has 0 aliphatic carbocycles. The molecule has 0 saturated carbocycles. The standard InChI is InChI=1S/C23H38N6O2/c1-3-16-31-21-9-8-20(17-25-21)18-26-23(24-2)29-14-12-27(13-15-29)19-22(30)28-10-6-4-5-7-11-28/h8-9,17H,3-7,10-16,18-19H2,1-2H3,(H,24,26). The minimum Gasteiger partial charge on any atom is -0.478 e. The van der Waals surface area contributed by atoms with Crippen molar-refractivity contribution >= 4 is 11.9 Å². The van der Waals surface area contributed by atoms with Gasteiger partial charge in [-0.1, -0.05) is 25.8 Å². The molecule has 2 aliphatic rings. The van der Waals surface area contributed by atoms with Gasteiger partial charge >= 0.3 is 0 Å². The molecular formula is C23H38N6O2. The highest BCUT2D eigenvalue weighted by Crippen LogP contribution is 2.11. The number of rotatable bonds is 7. The molecule has 1 aromatic heterocycles. The van der Waals surface area contributed by atoms with E-state index >= 15 is 0 Å². The van der Waals surface area contributed by atoms with Crippen LogP contribution in [-0.4, -0.2) is 91.0 Å². The number of aliphatic imine (C=N–C) groups is 1. The number of likely N-dealkylation sites (tertiary alicyclic amines) is 1. The average Bonchev–Trinajstić information content (AvgIpc) is 3.10. The quantitative estimate of drug-likeness (QED) is 0.527. The summed E-state index contributed by atoms with van der Waals surface area (Å²) >= 11 is 0. The van der Waals surface area contributed by atoms with Crippen LogP contribution in [0.2, 0.25) is 0 Å². The van der Waals surface area contributed by atoms with Gasteiger partial charge in [0, 0.05) is 65.1 Å². The monoisotopic (exact) mass is 430 g/mol. The van der Waals surface area contributed by atoms with Crippen molar-refractivity contribution in [3.05, 3.63) is 23.9 Å². The summed E-state index contributed by atoms with van der Waals surface area (Å²) in [6.07, 6.45) is 7.61. The predicted octanol–water partition coefficient (Wildman–Crippen LogP) is 1.97. The number of nitrogens with zero attached hydrogens (tertiary/aromatic N) is 5. The van der Waals surface area contributed by atoms with Gasteiger partial charge in [-0.3, -0.25) is 14.7 Å². The fourth-order valence-corrected chi connectivity index (χ4v) is 4.05. The molecule has 2 aliphatic heterocycles. The van der Waals surface area contributed by atoms with Crippen LogP contribution in [0.1, 0.15) is 44.6 Å². The zero-order valence-electron chi connectivity index (χ0n) is 19.2. The molecule has 3 heterocycles. The second kappa shape index (κ2) is 12.5. The van der Waals surface area contributed by atoms with Crippen LogP contribution < -0.4 is 10.1 Å². The van der Waals surface area contributed by atoms with Crippen LogP contribution in [0, 0.1) is 0 Å². The van der Waals surface area contributed by atoms with Gasteiger partial charge in [0.25, 0.3) is 0 Å². The lowest BCUT2D eigenvalue weighted by molar-refractivity contribution is -0.132. The maximum atomic E-state index is 12.7. The van der Waals surface area contributed by atoms with Gasteiger partial charge in [-0.05, 0) is 24.8 Å². The van der Waals surface area contributed by atoms with Crippen LogP contribution in [0.25, 0.3) is 0 Å². The molecule has 0 atom stereocenters. The van der Waals surface area contributed by atoms with Gasteiger partial charge in [-0.2, -0.15) is 0 Å². The van der Waals surface area contributed by atoms with E-state index in [9.17, 15) is 4.79 Å². The number of guanidine groups is 1. The minimum atomic E-state index is 0.289. The third kappa shape index (κ3) is 7.38. The van der Waals surface area contributed by atoms with Gasteiger partial charge in [0.15, 0.2) is 5.96 Å². The summed E-state index contributed by atoms with van der Waals surface area (Å²) in [5.41, 5.74) is 1.09. The number of hydrogen-bond donors (Lipinski definition) is 1. The van der Waals surface area contributed by atoms with E-state index in [4.69, 9.17) is 4.74 Å². The Morgan fingerprint density at radius 3 is 2.42 bits per heavy atom. The van der Waals surface area contributed by atoms with Crippen molar-refractivity contribution in [2.24, 2.45) is 4.99 Å². The Morgan fingerprint density at radius 2 is 1.81 bits per heavy atom. The zero-order chi connectivity index (χ0) is 21.9. The lowest BCUT2D eigenvalue weighted by Crippen LogP contribution is -2.54. The van der Waals surface area contributed by atoms with E-state index in [1.54, 1.807) is 0 Å². The molecule has 0 radical (unpaired) electrons. The molecule has 2 fully saturated rings. The van der Waals surface area contributed by atoms with E-state index in [0.717, 1.165) is 70.1 Å². The summed E-state index contributed by atoms with van der Waals surface area (Å²) < 4.78 is 5.54. The van der Waals surface area contributed by atoms with Crippen molar-refractivity contribution in [2.45, 2.75) is 45.6 Å². The van der Waals surface area contributed by atoms with Crippen LogP contribution in [0.15, 0.2) is 23.3 Å². The fraction of sp³-hybridized carbons (Fsp3) is 0.696. The van der Waals surface area contributed by atoms with Crippen LogP contribution in [-0.2, 0) is 11.3 Å². The van der Waals surface area contributed by atoms with Crippen molar-refractivity contribution in [3.63, 3.8) is 0 Å². The number of carbonyl (C=O) groups excluding carboxylic acids is 1. The fourth-order valence-electron chi connectivity index (χ4n) is 4.05. The third-order valence-electron chi connectivity index (χ3n) is 5.90. The molecule has 8 heteroatoms. The SMILES string of the molecule is CCCOc1ccc(CNC(=NC)N2CCN(CC(=O)N3CCCCCC3)CC2)cn1. The number of piperazine rings is 1. The molecule has 0 spiro atoms. The number of nitrogens with one attached hydrogen (secondary N) is 1. The van der Waals surface area contributed by atoms with E-state index in [-0.39, 0.29) is 5.91 Å². The largest absolute Gasteiger partial charge is 0.478 e. The van der Waals surface area contributed by atoms with Gasteiger partial charge in [0.05, 0.1) is 13.2 Å². The van der Waals surface area contributed by atoms with Gasteiger partial charge in [-0.15, -0.1) is 0 Å². The van der Waals surface area contributed by atoms with Crippen LogP contribution >= 0.6 is 0 Å². The Labute approximate surface area is 186 Å². The predicted molar refractivity (Wildman–Crippen MR) is 123 cm³/mol. The van der Waals surface area contributed by atoms with Gasteiger partial charge in [0.1, 0.15) is 0 Å². The van der Waals surface area contributed by atoms with Gasteiger partial charge < -0.3 is 19.9 Å². The lowest BCUT2D eigenvalue weighted by Gasteiger charge is -2.37. The first-order valence-electron chi connectivity index (χ1n) is 11.7. The summed E-state index contributed by atoms with van der Waals surface area (Å²) in [6.45, 7) is 9.33. The summed E-state index contributed by atoms with van der Waals surface area (Å²) in [5, 5.41) is 3.43. The molecule has 3 rings (SSSR count). The van der Waals surface area contributed by atoms with E-state index in [0.29, 0.717) is 25.6 Å². The Kier molecular flexibility index (Phi) is 9.39. The molecule has 31 heavy (non-hydrogen) atoms. The number of carbonyl (C=O) groups is 1. The summed E-state index contributed by atoms with van der Waals surface area (Å²) in [5.74, 6) is 1.85. The highest BCUT2D eigenvalue weighted by molar-refractivity contribution is 5.80. The van der Waals surface area contributed by atoms with E-state index in [2.05, 4.69) is 36.9 Å². The molecule has 0 bridgehead atoms. The molecule has 1 amide bonds. The molecule has 2 saturated heterocycles. The van der Waals surface area contributed by atoms with E-state index in [1.165, 1.54) is 12.8 Å². The van der Waals surface area contributed by atoms with Crippen LogP contribution in [0.4, 0.5) is 0 Å². The van der Waals surface area contributed by atoms with E-state index < -0.39 is 0 Å². The zero-order valence-corrected chi connectivity index (χ0v) is 19.2. The highest BCUT2D eigenvalue weighted by atomic mass is 16.5. The number of ether oxygens (including phenoxy) is 1. The normalized spacial score (nSPS) is 18.6. The summed E-state index contributed by atoms with van der Waals surface area (Å²) in [4.78, 5) is 28.1. The second-order valence-corrected chi connectivity index (χ2v) is 8.31. The van der Waals surface area contributed by atoms with Crippen molar-refractivity contribution in [2.75, 3.05) is 59.5 Å². The Morgan fingerprint density at radius 1 is 1.06 bits per heavy atom. The van der Waals surface area contributed by atoms with Crippen molar-refractivity contribution in [1.29, 1.82) is 0 Å². The first-order chi connectivity index (χ1) is 15.2. The van der Waals surface area contributed by atoms with Crippen molar-refractivity contribution in [3.8, 4) is 5.88 Å². The molecule has 1 aromatic rings. The molecule has 1 N–H and O–H groups in total. The lowest BCUT2D eigenvalue weighted by atomic mass is 10.2. The highest BCUT2D eigenvalue weighted by Gasteiger charge is 2.23. The number of hydrogen-bond acceptors (Lipinski definition) is 5. The molecule has 8 nitrogen and oxygen atoms in total. The molecule has 0 aromatic carbocycles. The van der Waals surface area contributed by atoms with Gasteiger partial charge in [0.2, 0.25) is 11.8 Å². The van der Waals surface area contributed by atoms with E-state index in [1.807, 2.05) is 25.4 Å². The third-order valence-corrected chi connectivity index (χ3v) is 5.90. The number of aromatic nitrogens is 1. The van der Waals surface area contributed by atoms with Crippen LogP contribution in [0.5, 0.6) is 5.88 Å². The number of amides is 1. The molecular weight excluding hydrogens is 392 g/mol. The Balaban J connectivity index is 1.40. The second-order valence-electron chi connectivity index (χ2n) is 8.31. The Bertz CT molecular complexity index is 693. The maximum Gasteiger partial charge on any atom is 0.236 e. The van der Waals surface area contributed by atoms with Gasteiger partial charge in [-0.25, -0.2) is 4.98 Å². The maximum absolute atomic E-state index is 12.7. The number of pyridine rings is 1. The minimum absolute atomic E-state index is 0.289. The summed E-state index contributed by atoms with van der Waals surface area (Å²) in [7, 11) is 1.82.